The van der Waals surface area contributed by atoms with Gasteiger partial charge in [0.15, 0.2) is 0 Å². The van der Waals surface area contributed by atoms with E-state index in [1.807, 2.05) is 0 Å². The molecule has 0 saturated heterocycles. The van der Waals surface area contributed by atoms with Crippen LogP contribution in [0.5, 0.6) is 0 Å². The fourth-order valence-corrected chi connectivity index (χ4v) is 72.7. The van der Waals surface area contributed by atoms with Gasteiger partial charge in [-0.1, -0.05) is 0 Å². The summed E-state index contributed by atoms with van der Waals surface area (Å²) >= 11 is -25.3. The van der Waals surface area contributed by atoms with E-state index in [4.69, 9.17) is 0 Å². The molecule has 0 spiro atoms. The van der Waals surface area contributed by atoms with E-state index in [0.717, 1.165) is 89.0 Å². The number of hydrogen-bond donors (Lipinski definition) is 0. The first-order chi connectivity index (χ1) is 64.3. The summed E-state index contributed by atoms with van der Waals surface area (Å²) in [5, 5.41) is 0. The molecule has 0 aromatic heterocycles. The van der Waals surface area contributed by atoms with Gasteiger partial charge in [-0.25, -0.2) is 0 Å². The molecule has 13 aliphatic heterocycles. The normalized spacial score (nSPS) is 15.4. The molecule has 8 aromatic rings. The van der Waals surface area contributed by atoms with Crippen molar-refractivity contribution in [3.8, 4) is 171 Å². The van der Waals surface area contributed by atoms with Crippen molar-refractivity contribution in [3.63, 3.8) is 0 Å². The maximum atomic E-state index is 3.91. The van der Waals surface area contributed by atoms with Crippen LogP contribution in [0.3, 0.4) is 0 Å². The van der Waals surface area contributed by atoms with Gasteiger partial charge < -0.3 is 0 Å². The summed E-state index contributed by atoms with van der Waals surface area (Å²) in [6.45, 7) is 74.2. The Bertz CT molecular complexity index is 5050. The number of benzene rings is 8. The van der Waals surface area contributed by atoms with Gasteiger partial charge in [-0.15, -0.1) is 0 Å². The molecular weight excluding hydrogens is 2120 g/mol. The minimum absolute atomic E-state index is 0.359. The van der Waals surface area contributed by atoms with Crippen molar-refractivity contribution in [2.24, 2.45) is 0 Å². The number of rotatable bonds is 16. The average Bonchev–Trinajstić information content (AvgIpc) is 0.843. The maximum absolute atomic E-state index is 3.91. The second kappa shape index (κ2) is 49.8. The first-order valence-electron chi connectivity index (χ1n) is 49.7. The van der Waals surface area contributed by atoms with Gasteiger partial charge in [0.1, 0.15) is 0 Å². The monoisotopic (exact) mass is 2270 g/mol. The quantitative estimate of drug-likeness (QED) is 0.0668. The molecule has 0 aliphatic carbocycles. The summed E-state index contributed by atoms with van der Waals surface area (Å²) in [4.78, 5) is 0. The van der Waals surface area contributed by atoms with Gasteiger partial charge in [0.2, 0.25) is 0 Å². The topological polar surface area (TPSA) is 0 Å². The van der Waals surface area contributed by atoms with E-state index < -0.39 is 106 Å². The third-order valence-corrected chi connectivity index (χ3v) is 107. The summed E-state index contributed by atoms with van der Waals surface area (Å²) in [5.41, 5.74) is 15.8. The predicted octanol–water partition coefficient (Wildman–Crippen LogP) is 30.0. The molecule has 0 nitrogen and oxygen atoms in total. The van der Waals surface area contributed by atoms with Crippen molar-refractivity contribution in [2.45, 2.75) is 298 Å². The molecule has 688 valence electrons. The predicted molar refractivity (Wildman–Crippen MR) is 609 cm³/mol. The zero-order chi connectivity index (χ0) is 99.7. The molecule has 0 amide bonds. The van der Waals surface area contributed by atoms with E-state index >= 15 is 0 Å². The summed E-state index contributed by atoms with van der Waals surface area (Å²) in [7, 11) is 0. The van der Waals surface area contributed by atoms with Crippen LogP contribution in [0.2, 0.25) is 76.0 Å². The van der Waals surface area contributed by atoms with E-state index in [9.17, 15) is 0 Å². The van der Waals surface area contributed by atoms with Crippen molar-refractivity contribution in [2.75, 3.05) is 0 Å². The first-order valence-corrected chi connectivity index (χ1v) is 85.8. The van der Waals surface area contributed by atoms with Crippen molar-refractivity contribution in [1.82, 2.24) is 0 Å². The summed E-state index contributed by atoms with van der Waals surface area (Å²) in [6.07, 6.45) is 0. The van der Waals surface area contributed by atoms with Crippen LogP contribution in [0.1, 0.15) is 311 Å². The molecule has 0 unspecified atom stereocenters. The summed E-state index contributed by atoms with van der Waals surface area (Å²) in [5.74, 6) is 58.6. The van der Waals surface area contributed by atoms with E-state index in [1.165, 1.54) is 0 Å². The Hall–Kier alpha value is -8.94. The summed E-state index contributed by atoms with van der Waals surface area (Å²) in [6, 6.07) is 68.4. The standard InChI is InChI=1S/C128H144Ge8/c1-97(2)129(98(3)4)81-65-113-33-37-115(38-34-113)67-83-130(99(5)6,100(7)8)85-69-117-41-45-119(46-42-117)71-87-132(103(13)14,104(15)16)89-73-121-49-53-123(54-50-121)75-91-134(107(21)22,108(23)24)93-77-125-57-61-127(62-58-125)79-95-136(111(29)30,112(31)32)96-80-128-63-59-126(60-64-128)78-94-135(109(25)26,110(27)28)92-76-124-55-51-122(52-56-124)74-90-133(105(17)18,106(19)20)88-72-120-47-43-118(44-48-120)70-86-131(101(9)10,102(11)12)84-68-116-39-35-114(36-40-116)66-82-129/h33-64,97-112H,1-32H3. The van der Waals surface area contributed by atoms with Gasteiger partial charge >= 0.3 is 858 Å². The second-order valence-electron chi connectivity index (χ2n) is 42.0. The third-order valence-electron chi connectivity index (χ3n) is 28.3. The van der Waals surface area contributed by atoms with Gasteiger partial charge in [0.25, 0.3) is 0 Å². The Balaban J connectivity index is 1.07. The van der Waals surface area contributed by atoms with Gasteiger partial charge in [0, 0.05) is 0 Å². The molecule has 8 aromatic carbocycles. The molecule has 8 heteroatoms. The second-order valence-corrected chi connectivity index (χ2v) is 118. The molecule has 0 atom stereocenters. The SMILES string of the molecule is C[CH](C)[Ge]1([CH](C)C)[C]#Cc2ccc(cc2)C#[C][Ge]([CH](C)C)([CH](C)C)[C]#Cc2ccc(cc2)C#[C][Ge]([CH](C)C)([CH](C)C)[C]#Cc2ccc(cc2)C#[C][Ge]([CH](C)C)([CH](C)C)[C]#Cc2ccc(cc2)C#[C][Ge]([CH](C)C)([CH](C)C)[C]#Cc2ccc(cc2)C#[C][Ge]([CH](C)C)([CH](C)C)[C]#Cc2ccc(cc2)C#[C][Ge]([CH](C)C)([CH](C)C)[C]#Cc2ccc(cc2)C#[C][Ge]([CH](C)C)([CH](C)C)[C]#Cc2ccc(cc2)C#[C]1. The Kier molecular flexibility index (Phi) is 40.5. The molecule has 16 bridgehead atoms. The first kappa shape index (κ1) is 111. The van der Waals surface area contributed by atoms with Crippen molar-refractivity contribution >= 4 is 106 Å². The van der Waals surface area contributed by atoms with Crippen LogP contribution in [0.25, 0.3) is 0 Å². The molecule has 0 radical (unpaired) electrons. The van der Waals surface area contributed by atoms with Gasteiger partial charge in [0.05, 0.1) is 0 Å². The van der Waals surface area contributed by atoms with Crippen LogP contribution < -0.4 is 0 Å². The fraction of sp³-hybridized carbons (Fsp3) is 0.375. The molecule has 136 heavy (non-hydrogen) atoms. The van der Waals surface area contributed by atoms with Crippen LogP contribution in [0.4, 0.5) is 0 Å². The van der Waals surface area contributed by atoms with Crippen molar-refractivity contribution in [1.29, 1.82) is 0 Å². The zero-order valence-electron chi connectivity index (χ0n) is 87.7. The summed E-state index contributed by atoms with van der Waals surface area (Å²) < 4.78 is 68.4. The molecule has 21 rings (SSSR count). The molecule has 0 saturated carbocycles. The van der Waals surface area contributed by atoms with E-state index in [2.05, 4.69) is 586 Å². The Labute approximate surface area is 848 Å². The minimum atomic E-state index is -3.17. The third kappa shape index (κ3) is 27.8. The molecule has 0 fully saturated rings. The fourth-order valence-electron chi connectivity index (χ4n) is 18.1. The zero-order valence-corrected chi connectivity index (χ0v) is 104. The molecular formula is C128H144Ge8. The van der Waals surface area contributed by atoms with Crippen molar-refractivity contribution < 1.29 is 0 Å². The Morgan fingerprint density at radius 1 is 0.0956 bits per heavy atom. The van der Waals surface area contributed by atoms with E-state index in [0.29, 0.717) is 76.0 Å². The van der Waals surface area contributed by atoms with Crippen LogP contribution in [-0.2, 0) is 0 Å². The van der Waals surface area contributed by atoms with Crippen LogP contribution in [0, 0.1) is 171 Å². The Morgan fingerprint density at radius 3 is 0.176 bits per heavy atom. The van der Waals surface area contributed by atoms with Gasteiger partial charge in [-0.05, 0) is 0 Å². The van der Waals surface area contributed by atoms with Gasteiger partial charge in [-0.2, -0.15) is 0 Å². The molecule has 13 aliphatic rings. The van der Waals surface area contributed by atoms with E-state index in [-0.39, 0.29) is 0 Å². The molecule has 0 N–H and O–H groups in total. The van der Waals surface area contributed by atoms with Crippen molar-refractivity contribution in [3.05, 3.63) is 283 Å². The van der Waals surface area contributed by atoms with Crippen LogP contribution >= 0.6 is 0 Å². The van der Waals surface area contributed by atoms with Gasteiger partial charge in [-0.3, -0.25) is 0 Å². The van der Waals surface area contributed by atoms with Crippen LogP contribution in [-0.4, -0.2) is 106 Å². The van der Waals surface area contributed by atoms with Crippen LogP contribution in [0.15, 0.2) is 194 Å². The average molecular weight is 2260 g/mol. The molecule has 13 heterocycles. The number of hydrogen-bond acceptors (Lipinski definition) is 0. The van der Waals surface area contributed by atoms with E-state index in [1.54, 1.807) is 0 Å². The Morgan fingerprint density at radius 2 is 0.140 bits per heavy atom.